The van der Waals surface area contributed by atoms with E-state index in [1.807, 2.05) is 12.1 Å². The lowest BCUT2D eigenvalue weighted by Crippen LogP contribution is -2.23. The minimum Gasteiger partial charge on any atom is -0.497 e. The van der Waals surface area contributed by atoms with Crippen molar-refractivity contribution in [2.75, 3.05) is 26.6 Å². The van der Waals surface area contributed by atoms with Gasteiger partial charge in [-0.25, -0.2) is 0 Å². The first-order chi connectivity index (χ1) is 15.5. The quantitative estimate of drug-likeness (QED) is 0.482. The van der Waals surface area contributed by atoms with Crippen molar-refractivity contribution in [2.24, 2.45) is 0 Å². The number of ether oxygens (including phenoxy) is 3. The smallest absolute Gasteiger partial charge is 0.286 e. The Kier molecular flexibility index (Phi) is 7.98. The Balaban J connectivity index is 1.48. The Bertz CT molecular complexity index is 1070. The summed E-state index contributed by atoms with van der Waals surface area (Å²) in [6.07, 6.45) is 0.617. The molecule has 2 aromatic carbocycles. The average Bonchev–Trinajstić information content (AvgIpc) is 3.31. The van der Waals surface area contributed by atoms with Gasteiger partial charge in [-0.15, -0.1) is 10.2 Å². The number of methoxy groups -OCH3 is 3. The number of benzene rings is 2. The van der Waals surface area contributed by atoms with Crippen LogP contribution in [0.4, 0.5) is 5.69 Å². The van der Waals surface area contributed by atoms with Crippen molar-refractivity contribution in [3.63, 3.8) is 0 Å². The Morgan fingerprint density at radius 3 is 2.34 bits per heavy atom. The van der Waals surface area contributed by atoms with E-state index in [-0.39, 0.29) is 23.2 Å². The zero-order valence-corrected chi connectivity index (χ0v) is 18.8. The van der Waals surface area contributed by atoms with Crippen LogP contribution in [0.2, 0.25) is 0 Å². The van der Waals surface area contributed by atoms with E-state index in [0.29, 0.717) is 40.9 Å². The zero-order chi connectivity index (χ0) is 22.9. The number of anilines is 1. The molecular formula is C22H24N4O5S. The van der Waals surface area contributed by atoms with Crippen LogP contribution in [0.25, 0.3) is 0 Å². The van der Waals surface area contributed by atoms with E-state index in [1.54, 1.807) is 51.7 Å². The average molecular weight is 457 g/mol. The van der Waals surface area contributed by atoms with Crippen molar-refractivity contribution < 1.29 is 23.8 Å². The number of hydrogen-bond donors (Lipinski definition) is 2. The second-order valence-corrected chi connectivity index (χ2v) is 7.70. The highest BCUT2D eigenvalue weighted by atomic mass is 32.1. The van der Waals surface area contributed by atoms with Crippen LogP contribution in [0.1, 0.15) is 26.8 Å². The molecule has 0 aliphatic carbocycles. The molecular weight excluding hydrogens is 432 g/mol. The molecule has 3 aromatic rings. The van der Waals surface area contributed by atoms with Crippen LogP contribution >= 0.6 is 11.3 Å². The van der Waals surface area contributed by atoms with Crippen LogP contribution in [0, 0.1) is 0 Å². The van der Waals surface area contributed by atoms with E-state index < -0.39 is 0 Å². The molecule has 0 fully saturated rings. The van der Waals surface area contributed by atoms with Gasteiger partial charge in [-0.3, -0.25) is 9.59 Å². The number of rotatable bonds is 10. The highest BCUT2D eigenvalue weighted by molar-refractivity contribution is 7.13. The van der Waals surface area contributed by atoms with Gasteiger partial charge in [0.15, 0.2) is 0 Å². The number of carbonyl (C=O) groups is 2. The molecule has 0 saturated heterocycles. The van der Waals surface area contributed by atoms with Crippen molar-refractivity contribution in [2.45, 2.75) is 19.4 Å². The number of amides is 2. The minimum atomic E-state index is -0.352. The molecule has 0 spiro atoms. The molecule has 0 bridgehead atoms. The standard InChI is InChI=1S/C22H24N4O5S/c1-29-16-8-5-15(6-9-16)24-21(28)22-26-25-20(32-22)11-10-19(27)23-13-14-4-7-17(30-2)12-18(14)31-3/h4-9,12H,10-11,13H2,1-3H3,(H,23,27)(H,24,28). The highest BCUT2D eigenvalue weighted by Gasteiger charge is 2.14. The first-order valence-corrected chi connectivity index (χ1v) is 10.6. The van der Waals surface area contributed by atoms with Crippen LogP contribution in [-0.2, 0) is 17.8 Å². The van der Waals surface area contributed by atoms with E-state index in [9.17, 15) is 9.59 Å². The zero-order valence-electron chi connectivity index (χ0n) is 18.0. The molecule has 10 heteroatoms. The maximum absolute atomic E-state index is 12.4. The second-order valence-electron chi connectivity index (χ2n) is 6.64. The molecule has 0 aliphatic heterocycles. The Labute approximate surface area is 189 Å². The molecule has 2 N–H and O–H groups in total. The van der Waals surface area contributed by atoms with Crippen LogP contribution in [0.5, 0.6) is 17.2 Å². The molecule has 2 amide bonds. The van der Waals surface area contributed by atoms with Crippen molar-refractivity contribution in [1.82, 2.24) is 15.5 Å². The molecule has 0 unspecified atom stereocenters. The Morgan fingerprint density at radius 1 is 0.938 bits per heavy atom. The second kappa shape index (κ2) is 11.1. The maximum atomic E-state index is 12.4. The maximum Gasteiger partial charge on any atom is 0.286 e. The van der Waals surface area contributed by atoms with Gasteiger partial charge in [-0.2, -0.15) is 0 Å². The first-order valence-electron chi connectivity index (χ1n) is 9.77. The van der Waals surface area contributed by atoms with Gasteiger partial charge in [0.2, 0.25) is 10.9 Å². The fourth-order valence-corrected chi connectivity index (χ4v) is 3.54. The van der Waals surface area contributed by atoms with E-state index in [0.717, 1.165) is 16.9 Å². The molecule has 0 aliphatic rings. The van der Waals surface area contributed by atoms with Crippen LogP contribution < -0.4 is 24.8 Å². The molecule has 168 valence electrons. The van der Waals surface area contributed by atoms with Crippen molar-refractivity contribution in [3.05, 3.63) is 58.0 Å². The Hall–Kier alpha value is -3.66. The van der Waals surface area contributed by atoms with Gasteiger partial charge in [-0.05, 0) is 36.4 Å². The number of aromatic nitrogens is 2. The predicted molar refractivity (Wildman–Crippen MR) is 121 cm³/mol. The van der Waals surface area contributed by atoms with Gasteiger partial charge < -0.3 is 24.8 Å². The third kappa shape index (κ3) is 6.17. The fraction of sp³-hybridized carbons (Fsp3) is 0.273. The number of aryl methyl sites for hydroxylation is 1. The van der Waals surface area contributed by atoms with Gasteiger partial charge in [-0.1, -0.05) is 11.3 Å². The molecule has 1 heterocycles. The van der Waals surface area contributed by atoms with E-state index in [1.165, 1.54) is 0 Å². The topological polar surface area (TPSA) is 112 Å². The van der Waals surface area contributed by atoms with E-state index in [4.69, 9.17) is 14.2 Å². The molecule has 3 rings (SSSR count). The lowest BCUT2D eigenvalue weighted by molar-refractivity contribution is -0.121. The largest absolute Gasteiger partial charge is 0.497 e. The summed E-state index contributed by atoms with van der Waals surface area (Å²) < 4.78 is 15.6. The molecule has 0 saturated carbocycles. The summed E-state index contributed by atoms with van der Waals surface area (Å²) in [6, 6.07) is 12.4. The van der Waals surface area contributed by atoms with E-state index >= 15 is 0 Å². The summed E-state index contributed by atoms with van der Waals surface area (Å²) in [5, 5.41) is 14.4. The van der Waals surface area contributed by atoms with Crippen LogP contribution in [0.3, 0.4) is 0 Å². The van der Waals surface area contributed by atoms with Crippen molar-refractivity contribution in [1.29, 1.82) is 0 Å². The summed E-state index contributed by atoms with van der Waals surface area (Å²) in [7, 11) is 4.72. The minimum absolute atomic E-state index is 0.137. The van der Waals surface area contributed by atoms with Gasteiger partial charge in [0, 0.05) is 36.7 Å². The summed E-state index contributed by atoms with van der Waals surface area (Å²) >= 11 is 1.16. The number of nitrogens with one attached hydrogen (secondary N) is 2. The predicted octanol–water partition coefficient (Wildman–Crippen LogP) is 3.07. The normalized spacial score (nSPS) is 10.3. The lowest BCUT2D eigenvalue weighted by atomic mass is 10.2. The fourth-order valence-electron chi connectivity index (χ4n) is 2.81. The number of carbonyl (C=O) groups excluding carboxylic acids is 2. The van der Waals surface area contributed by atoms with Gasteiger partial charge in [0.1, 0.15) is 22.3 Å². The molecule has 0 radical (unpaired) electrons. The van der Waals surface area contributed by atoms with Crippen LogP contribution in [-0.4, -0.2) is 43.3 Å². The van der Waals surface area contributed by atoms with Gasteiger partial charge >= 0.3 is 0 Å². The molecule has 9 nitrogen and oxygen atoms in total. The van der Waals surface area contributed by atoms with Gasteiger partial charge in [0.05, 0.1) is 21.3 Å². The summed E-state index contributed by atoms with van der Waals surface area (Å²) in [5.41, 5.74) is 1.47. The van der Waals surface area contributed by atoms with E-state index in [2.05, 4.69) is 20.8 Å². The van der Waals surface area contributed by atoms with Crippen molar-refractivity contribution >= 4 is 28.8 Å². The molecule has 32 heavy (non-hydrogen) atoms. The number of nitrogens with zero attached hydrogens (tertiary/aromatic N) is 2. The third-order valence-electron chi connectivity index (χ3n) is 4.55. The SMILES string of the molecule is COc1ccc(NC(=O)c2nnc(CCC(=O)NCc3ccc(OC)cc3OC)s2)cc1. The van der Waals surface area contributed by atoms with Gasteiger partial charge in [0.25, 0.3) is 5.91 Å². The number of hydrogen-bond acceptors (Lipinski definition) is 8. The highest BCUT2D eigenvalue weighted by Crippen LogP contribution is 2.24. The first kappa shape index (κ1) is 23.0. The Morgan fingerprint density at radius 2 is 1.66 bits per heavy atom. The molecule has 1 aromatic heterocycles. The van der Waals surface area contributed by atoms with Crippen molar-refractivity contribution in [3.8, 4) is 17.2 Å². The summed E-state index contributed by atoms with van der Waals surface area (Å²) in [5.74, 6) is 1.53. The third-order valence-corrected chi connectivity index (χ3v) is 5.53. The van der Waals surface area contributed by atoms with Crippen LogP contribution in [0.15, 0.2) is 42.5 Å². The summed E-state index contributed by atoms with van der Waals surface area (Å²) in [6.45, 7) is 0.331. The monoisotopic (exact) mass is 456 g/mol. The molecule has 0 atom stereocenters. The lowest BCUT2D eigenvalue weighted by Gasteiger charge is -2.11. The summed E-state index contributed by atoms with van der Waals surface area (Å²) in [4.78, 5) is 24.6.